The summed E-state index contributed by atoms with van der Waals surface area (Å²) in [4.78, 5) is 26.2. The van der Waals surface area contributed by atoms with Crippen LogP contribution in [0.5, 0.6) is 0 Å². The summed E-state index contributed by atoms with van der Waals surface area (Å²) in [6, 6.07) is 7.59. The van der Waals surface area contributed by atoms with E-state index in [0.29, 0.717) is 5.56 Å². The Balaban J connectivity index is 2.02. The number of nitrogens with zero attached hydrogens (tertiary/aromatic N) is 1. The molecule has 0 N–H and O–H groups in total. The minimum Gasteiger partial charge on any atom is -0.281 e. The van der Waals surface area contributed by atoms with Crippen LogP contribution in [0.2, 0.25) is 0 Å². The van der Waals surface area contributed by atoms with Gasteiger partial charge in [0.2, 0.25) is 5.91 Å². The predicted octanol–water partition coefficient (Wildman–Crippen LogP) is 3.54. The molecule has 1 aliphatic rings. The first kappa shape index (κ1) is 14.3. The number of imide groups is 1. The van der Waals surface area contributed by atoms with E-state index in [9.17, 15) is 9.59 Å². The molecule has 0 fully saturated rings. The lowest BCUT2D eigenvalue weighted by Gasteiger charge is -2.24. The van der Waals surface area contributed by atoms with Crippen molar-refractivity contribution in [1.82, 2.24) is 4.90 Å². The van der Waals surface area contributed by atoms with Crippen molar-refractivity contribution in [3.05, 3.63) is 56.8 Å². The Morgan fingerprint density at radius 3 is 2.71 bits per heavy atom. The van der Waals surface area contributed by atoms with Crippen LogP contribution in [0.25, 0.3) is 0 Å². The Kier molecular flexibility index (Phi) is 3.59. The molecule has 2 heterocycles. The van der Waals surface area contributed by atoms with Crippen LogP contribution in [-0.4, -0.2) is 23.8 Å². The number of carbonyl (C=O) groups is 2. The highest BCUT2D eigenvalue weighted by Gasteiger charge is 2.29. The van der Waals surface area contributed by atoms with Crippen molar-refractivity contribution in [3.63, 3.8) is 0 Å². The maximum atomic E-state index is 12.2. The van der Waals surface area contributed by atoms with Crippen molar-refractivity contribution in [2.45, 2.75) is 18.7 Å². The SMILES string of the molecule is Cc1ccsc1C(Cl)c1ccc2c(c1)C(=O)N(C)C(=O)C2. The molecule has 0 spiro atoms. The van der Waals surface area contributed by atoms with Gasteiger partial charge in [0.1, 0.15) is 0 Å². The van der Waals surface area contributed by atoms with Gasteiger partial charge < -0.3 is 0 Å². The second-order valence-corrected chi connectivity index (χ2v) is 6.57. The first-order valence-electron chi connectivity index (χ1n) is 6.61. The number of alkyl halides is 1. The third kappa shape index (κ3) is 2.39. The number of thiophene rings is 1. The van der Waals surface area contributed by atoms with E-state index in [1.807, 2.05) is 36.6 Å². The molecule has 1 unspecified atom stereocenters. The van der Waals surface area contributed by atoms with E-state index in [4.69, 9.17) is 11.6 Å². The van der Waals surface area contributed by atoms with E-state index in [2.05, 4.69) is 0 Å². The van der Waals surface area contributed by atoms with Crippen molar-refractivity contribution in [2.75, 3.05) is 7.05 Å². The summed E-state index contributed by atoms with van der Waals surface area (Å²) in [7, 11) is 1.52. The molecular formula is C16H14ClNO2S. The number of rotatable bonds is 2. The molecule has 108 valence electrons. The van der Waals surface area contributed by atoms with E-state index in [0.717, 1.165) is 21.6 Å². The Labute approximate surface area is 132 Å². The molecule has 0 aliphatic carbocycles. The lowest BCUT2D eigenvalue weighted by Crippen LogP contribution is -2.39. The third-order valence-corrected chi connectivity index (χ3v) is 5.49. The quantitative estimate of drug-likeness (QED) is 0.627. The molecule has 0 radical (unpaired) electrons. The van der Waals surface area contributed by atoms with Gasteiger partial charge in [-0.15, -0.1) is 22.9 Å². The fourth-order valence-electron chi connectivity index (χ4n) is 2.48. The molecule has 1 aliphatic heterocycles. The molecule has 2 aromatic rings. The molecule has 0 bridgehead atoms. The van der Waals surface area contributed by atoms with Gasteiger partial charge in [-0.3, -0.25) is 14.5 Å². The van der Waals surface area contributed by atoms with E-state index >= 15 is 0 Å². The van der Waals surface area contributed by atoms with E-state index in [1.54, 1.807) is 11.3 Å². The topological polar surface area (TPSA) is 37.4 Å². The first-order valence-corrected chi connectivity index (χ1v) is 7.92. The number of likely N-dealkylation sites (N-methyl/N-ethyl adjacent to an activating group) is 1. The van der Waals surface area contributed by atoms with Gasteiger partial charge >= 0.3 is 0 Å². The van der Waals surface area contributed by atoms with Gasteiger partial charge in [0, 0.05) is 17.5 Å². The maximum Gasteiger partial charge on any atom is 0.260 e. The summed E-state index contributed by atoms with van der Waals surface area (Å²) in [5.41, 5.74) is 3.39. The summed E-state index contributed by atoms with van der Waals surface area (Å²) >= 11 is 8.16. The average Bonchev–Trinajstić information content (AvgIpc) is 2.90. The van der Waals surface area contributed by atoms with Crippen molar-refractivity contribution in [1.29, 1.82) is 0 Å². The van der Waals surface area contributed by atoms with Gasteiger partial charge in [-0.05, 0) is 41.1 Å². The maximum absolute atomic E-state index is 12.2. The third-order valence-electron chi connectivity index (χ3n) is 3.81. The lowest BCUT2D eigenvalue weighted by molar-refractivity contribution is -0.127. The average molecular weight is 320 g/mol. The minimum atomic E-state index is -0.272. The smallest absolute Gasteiger partial charge is 0.260 e. The summed E-state index contributed by atoms with van der Waals surface area (Å²) in [6.45, 7) is 2.03. The highest BCUT2D eigenvalue weighted by atomic mass is 35.5. The van der Waals surface area contributed by atoms with Crippen molar-refractivity contribution in [3.8, 4) is 0 Å². The number of hydrogen-bond donors (Lipinski definition) is 0. The minimum absolute atomic E-state index is 0.170. The monoisotopic (exact) mass is 319 g/mol. The normalized spacial score (nSPS) is 16.0. The molecule has 0 saturated heterocycles. The van der Waals surface area contributed by atoms with Crippen LogP contribution in [0.1, 0.15) is 37.3 Å². The van der Waals surface area contributed by atoms with Gasteiger partial charge in [-0.2, -0.15) is 0 Å². The molecule has 1 atom stereocenters. The van der Waals surface area contributed by atoms with Gasteiger partial charge in [0.25, 0.3) is 5.91 Å². The number of hydrogen-bond acceptors (Lipinski definition) is 3. The second-order valence-electron chi connectivity index (χ2n) is 5.18. The summed E-state index contributed by atoms with van der Waals surface area (Å²) < 4.78 is 0. The Hall–Kier alpha value is -1.65. The van der Waals surface area contributed by atoms with Crippen molar-refractivity contribution in [2.24, 2.45) is 0 Å². The van der Waals surface area contributed by atoms with Crippen LogP contribution >= 0.6 is 22.9 Å². The van der Waals surface area contributed by atoms with Gasteiger partial charge in [0.05, 0.1) is 11.8 Å². The van der Waals surface area contributed by atoms with Crippen LogP contribution in [0.4, 0.5) is 0 Å². The highest BCUT2D eigenvalue weighted by Crippen LogP contribution is 2.36. The fraction of sp³-hybridized carbons (Fsp3) is 0.250. The molecule has 21 heavy (non-hydrogen) atoms. The van der Waals surface area contributed by atoms with Crippen LogP contribution in [0.3, 0.4) is 0 Å². The largest absolute Gasteiger partial charge is 0.281 e. The highest BCUT2D eigenvalue weighted by molar-refractivity contribution is 7.10. The summed E-state index contributed by atoms with van der Waals surface area (Å²) in [6.07, 6.45) is 0.267. The fourth-order valence-corrected chi connectivity index (χ4v) is 3.87. The zero-order valence-corrected chi connectivity index (χ0v) is 13.3. The molecule has 1 aromatic carbocycles. The summed E-state index contributed by atoms with van der Waals surface area (Å²) in [5.74, 6) is -0.424. The lowest BCUT2D eigenvalue weighted by atomic mass is 9.95. The standard InChI is InChI=1S/C16H14ClNO2S/c1-9-5-6-21-15(9)14(17)11-4-3-10-8-13(19)18(2)16(20)12(10)7-11/h3-7,14H,8H2,1-2H3. The Bertz CT molecular complexity index is 738. The number of benzene rings is 1. The number of halogens is 1. The molecule has 2 amide bonds. The number of aryl methyl sites for hydroxylation is 1. The van der Waals surface area contributed by atoms with Gasteiger partial charge in [0.15, 0.2) is 0 Å². The number of fused-ring (bicyclic) bond motifs is 1. The zero-order chi connectivity index (χ0) is 15.1. The molecule has 5 heteroatoms. The van der Waals surface area contributed by atoms with Crippen molar-refractivity contribution >= 4 is 34.8 Å². The van der Waals surface area contributed by atoms with Crippen LogP contribution in [0.15, 0.2) is 29.6 Å². The van der Waals surface area contributed by atoms with E-state index in [1.165, 1.54) is 11.9 Å². The molecule has 1 aromatic heterocycles. The summed E-state index contributed by atoms with van der Waals surface area (Å²) in [5, 5.41) is 1.74. The van der Waals surface area contributed by atoms with Crippen LogP contribution in [-0.2, 0) is 11.2 Å². The molecular weight excluding hydrogens is 306 g/mol. The number of amides is 2. The van der Waals surface area contributed by atoms with Gasteiger partial charge in [-0.25, -0.2) is 0 Å². The van der Waals surface area contributed by atoms with E-state index in [-0.39, 0.29) is 23.6 Å². The van der Waals surface area contributed by atoms with Crippen LogP contribution in [0, 0.1) is 6.92 Å². The van der Waals surface area contributed by atoms with Crippen molar-refractivity contribution < 1.29 is 9.59 Å². The number of carbonyl (C=O) groups excluding carboxylic acids is 2. The molecule has 0 saturated carbocycles. The zero-order valence-electron chi connectivity index (χ0n) is 11.7. The van der Waals surface area contributed by atoms with Gasteiger partial charge in [-0.1, -0.05) is 12.1 Å². The Morgan fingerprint density at radius 1 is 1.29 bits per heavy atom. The van der Waals surface area contributed by atoms with E-state index < -0.39 is 0 Å². The Morgan fingerprint density at radius 2 is 2.05 bits per heavy atom. The first-order chi connectivity index (χ1) is 9.99. The second kappa shape index (κ2) is 5.28. The molecule has 3 rings (SSSR count). The predicted molar refractivity (Wildman–Crippen MR) is 84.0 cm³/mol. The molecule has 3 nitrogen and oxygen atoms in total. The van der Waals surface area contributed by atoms with Crippen LogP contribution < -0.4 is 0 Å².